The number of ether oxygens (including phenoxy) is 3. The van der Waals surface area contributed by atoms with E-state index in [9.17, 15) is 4.79 Å². The van der Waals surface area contributed by atoms with Crippen molar-refractivity contribution < 1.29 is 19.0 Å². The topological polar surface area (TPSA) is 68.8 Å². The van der Waals surface area contributed by atoms with Gasteiger partial charge < -0.3 is 24.8 Å². The Labute approximate surface area is 149 Å². The highest BCUT2D eigenvalue weighted by molar-refractivity contribution is 5.84. The smallest absolute Gasteiger partial charge is 0.251 e. The van der Waals surface area contributed by atoms with E-state index in [1.807, 2.05) is 25.1 Å². The van der Waals surface area contributed by atoms with Crippen molar-refractivity contribution in [2.24, 2.45) is 0 Å². The molecular formula is C19H28N2O4. The van der Waals surface area contributed by atoms with Gasteiger partial charge in [0.2, 0.25) is 5.91 Å². The maximum absolute atomic E-state index is 12.1. The van der Waals surface area contributed by atoms with Crippen LogP contribution in [0.25, 0.3) is 0 Å². The summed E-state index contributed by atoms with van der Waals surface area (Å²) in [5, 5.41) is 6.12. The molecule has 1 unspecified atom stereocenters. The molecule has 1 spiro atoms. The number of methoxy groups -OCH3 is 1. The Balaban J connectivity index is 1.55. The first-order valence-electron chi connectivity index (χ1n) is 9.17. The first-order chi connectivity index (χ1) is 12.1. The lowest BCUT2D eigenvalue weighted by molar-refractivity contribution is -0.121. The van der Waals surface area contributed by atoms with E-state index in [-0.39, 0.29) is 11.9 Å². The van der Waals surface area contributed by atoms with Crippen LogP contribution >= 0.6 is 0 Å². The second kappa shape index (κ2) is 7.95. The minimum absolute atomic E-state index is 0.0301. The zero-order valence-corrected chi connectivity index (χ0v) is 15.1. The highest BCUT2D eigenvalue weighted by atomic mass is 16.7. The van der Waals surface area contributed by atoms with Gasteiger partial charge in [0.25, 0.3) is 5.79 Å². The lowest BCUT2D eigenvalue weighted by Crippen LogP contribution is -2.40. The molecule has 1 aromatic carbocycles. The molecule has 0 radical (unpaired) electrons. The molecule has 1 aliphatic carbocycles. The number of rotatable bonds is 7. The van der Waals surface area contributed by atoms with Crippen LogP contribution in [0.5, 0.6) is 11.5 Å². The molecule has 1 aromatic rings. The molecule has 1 heterocycles. The lowest BCUT2D eigenvalue weighted by Gasteiger charge is -2.31. The fourth-order valence-electron chi connectivity index (χ4n) is 3.37. The summed E-state index contributed by atoms with van der Waals surface area (Å²) in [6, 6.07) is 5.45. The van der Waals surface area contributed by atoms with Crippen LogP contribution in [0.3, 0.4) is 0 Å². The van der Waals surface area contributed by atoms with Crippen molar-refractivity contribution in [3.8, 4) is 11.5 Å². The lowest BCUT2D eigenvalue weighted by atomic mass is 9.94. The highest BCUT2D eigenvalue weighted by Crippen LogP contribution is 2.46. The van der Waals surface area contributed by atoms with Crippen molar-refractivity contribution >= 4 is 11.6 Å². The van der Waals surface area contributed by atoms with Crippen molar-refractivity contribution in [1.82, 2.24) is 5.32 Å². The SMILES string of the molecule is COCCCNC(=O)C(C)Nc1ccc2c(c1)OC1(CCCCC1)O2. The predicted molar refractivity (Wildman–Crippen MR) is 96.1 cm³/mol. The van der Waals surface area contributed by atoms with E-state index in [4.69, 9.17) is 14.2 Å². The number of amides is 1. The van der Waals surface area contributed by atoms with Gasteiger partial charge in [-0.3, -0.25) is 4.79 Å². The highest BCUT2D eigenvalue weighted by Gasteiger charge is 2.42. The minimum Gasteiger partial charge on any atom is -0.448 e. The van der Waals surface area contributed by atoms with E-state index >= 15 is 0 Å². The summed E-state index contributed by atoms with van der Waals surface area (Å²) in [7, 11) is 1.66. The number of carbonyl (C=O) groups excluding carboxylic acids is 1. The van der Waals surface area contributed by atoms with Crippen molar-refractivity contribution in [3.63, 3.8) is 0 Å². The van der Waals surface area contributed by atoms with Gasteiger partial charge in [0.15, 0.2) is 11.5 Å². The summed E-state index contributed by atoms with van der Waals surface area (Å²) < 4.78 is 17.2. The summed E-state index contributed by atoms with van der Waals surface area (Å²) in [6.45, 7) is 3.10. The third kappa shape index (κ3) is 4.37. The van der Waals surface area contributed by atoms with Crippen LogP contribution < -0.4 is 20.1 Å². The van der Waals surface area contributed by atoms with Gasteiger partial charge in [-0.15, -0.1) is 0 Å². The summed E-state index contributed by atoms with van der Waals surface area (Å²) in [6.07, 6.45) is 6.20. The van der Waals surface area contributed by atoms with E-state index in [2.05, 4.69) is 10.6 Å². The molecule has 1 atom stereocenters. The number of nitrogens with one attached hydrogen (secondary N) is 2. The molecule has 1 fully saturated rings. The molecule has 1 saturated carbocycles. The van der Waals surface area contributed by atoms with Gasteiger partial charge in [0, 0.05) is 44.9 Å². The standard InChI is InChI=1S/C19H28N2O4/c1-14(18(22)20-11-6-12-23-2)21-15-7-8-16-17(13-15)25-19(24-16)9-4-3-5-10-19/h7-8,13-14,21H,3-6,9-12H2,1-2H3,(H,20,22). The zero-order valence-electron chi connectivity index (χ0n) is 15.1. The molecule has 25 heavy (non-hydrogen) atoms. The van der Waals surface area contributed by atoms with Gasteiger partial charge in [0.1, 0.15) is 6.04 Å². The van der Waals surface area contributed by atoms with E-state index in [0.717, 1.165) is 49.3 Å². The third-order valence-electron chi connectivity index (χ3n) is 4.75. The monoisotopic (exact) mass is 348 g/mol. The minimum atomic E-state index is -0.469. The summed E-state index contributed by atoms with van der Waals surface area (Å²) in [4.78, 5) is 12.1. The fraction of sp³-hybridized carbons (Fsp3) is 0.632. The number of carbonyl (C=O) groups is 1. The molecule has 0 saturated heterocycles. The number of hydrogen-bond acceptors (Lipinski definition) is 5. The molecule has 6 nitrogen and oxygen atoms in total. The molecule has 1 amide bonds. The summed E-state index contributed by atoms with van der Waals surface area (Å²) in [5.74, 6) is 1.06. The van der Waals surface area contributed by atoms with Gasteiger partial charge in [-0.05, 0) is 38.3 Å². The van der Waals surface area contributed by atoms with Gasteiger partial charge in [-0.1, -0.05) is 6.42 Å². The average molecular weight is 348 g/mol. The predicted octanol–water partition coefficient (Wildman–Crippen LogP) is 3.07. The van der Waals surface area contributed by atoms with Gasteiger partial charge in [-0.2, -0.15) is 0 Å². The van der Waals surface area contributed by atoms with E-state index in [1.165, 1.54) is 6.42 Å². The molecule has 0 bridgehead atoms. The number of anilines is 1. The Morgan fingerprint density at radius 1 is 1.24 bits per heavy atom. The zero-order chi connectivity index (χ0) is 17.7. The van der Waals surface area contributed by atoms with Gasteiger partial charge in [-0.25, -0.2) is 0 Å². The van der Waals surface area contributed by atoms with Crippen molar-refractivity contribution in [2.45, 2.75) is 57.3 Å². The summed E-state index contributed by atoms with van der Waals surface area (Å²) >= 11 is 0. The Hall–Kier alpha value is -1.95. The van der Waals surface area contributed by atoms with E-state index < -0.39 is 5.79 Å². The van der Waals surface area contributed by atoms with Crippen molar-refractivity contribution in [2.75, 3.05) is 25.6 Å². The Kier molecular flexibility index (Phi) is 5.68. The molecular weight excluding hydrogens is 320 g/mol. The Morgan fingerprint density at radius 3 is 2.76 bits per heavy atom. The summed E-state index contributed by atoms with van der Waals surface area (Å²) in [5.41, 5.74) is 0.856. The van der Waals surface area contributed by atoms with Crippen LogP contribution in [0.1, 0.15) is 45.4 Å². The Morgan fingerprint density at radius 2 is 2.00 bits per heavy atom. The van der Waals surface area contributed by atoms with Crippen LogP contribution in [0.15, 0.2) is 18.2 Å². The third-order valence-corrected chi connectivity index (χ3v) is 4.75. The molecule has 1 aliphatic heterocycles. The first kappa shape index (κ1) is 17.9. The second-order valence-electron chi connectivity index (χ2n) is 6.84. The molecule has 2 aliphatic rings. The molecule has 6 heteroatoms. The number of fused-ring (bicyclic) bond motifs is 1. The van der Waals surface area contributed by atoms with Gasteiger partial charge in [0.05, 0.1) is 0 Å². The number of hydrogen-bond donors (Lipinski definition) is 2. The maximum atomic E-state index is 12.1. The van der Waals surface area contributed by atoms with Crippen LogP contribution in [0.4, 0.5) is 5.69 Å². The normalized spacial score (nSPS) is 18.8. The van der Waals surface area contributed by atoms with Crippen molar-refractivity contribution in [1.29, 1.82) is 0 Å². The average Bonchev–Trinajstić information content (AvgIpc) is 2.95. The van der Waals surface area contributed by atoms with E-state index in [0.29, 0.717) is 13.2 Å². The first-order valence-corrected chi connectivity index (χ1v) is 9.17. The van der Waals surface area contributed by atoms with Crippen LogP contribution in [0.2, 0.25) is 0 Å². The fourth-order valence-corrected chi connectivity index (χ4v) is 3.37. The van der Waals surface area contributed by atoms with Gasteiger partial charge >= 0.3 is 0 Å². The van der Waals surface area contributed by atoms with Crippen LogP contribution in [-0.2, 0) is 9.53 Å². The van der Waals surface area contributed by atoms with Crippen LogP contribution in [0, 0.1) is 0 Å². The Bertz CT molecular complexity index is 599. The maximum Gasteiger partial charge on any atom is 0.251 e. The molecule has 2 N–H and O–H groups in total. The quantitative estimate of drug-likeness (QED) is 0.741. The molecule has 138 valence electrons. The number of benzene rings is 1. The largest absolute Gasteiger partial charge is 0.448 e. The van der Waals surface area contributed by atoms with Crippen LogP contribution in [-0.4, -0.2) is 38.0 Å². The molecule has 0 aromatic heterocycles. The van der Waals surface area contributed by atoms with E-state index in [1.54, 1.807) is 7.11 Å². The molecule has 3 rings (SSSR count). The second-order valence-corrected chi connectivity index (χ2v) is 6.84. The van der Waals surface area contributed by atoms with Crippen molar-refractivity contribution in [3.05, 3.63) is 18.2 Å².